The number of anilines is 1. The molecule has 1 aliphatic rings. The number of carbonyl (C=O) groups is 3. The molecule has 3 N–H and O–H groups in total. The van der Waals surface area contributed by atoms with E-state index in [0.29, 0.717) is 71.4 Å². The number of rotatable bonds is 11. The molecule has 17 heteroatoms. The summed E-state index contributed by atoms with van der Waals surface area (Å²) in [5, 5.41) is 17.9. The van der Waals surface area contributed by atoms with E-state index in [2.05, 4.69) is 31.1 Å². The lowest BCUT2D eigenvalue weighted by molar-refractivity contribution is -0.144. The summed E-state index contributed by atoms with van der Waals surface area (Å²) in [6.45, 7) is 3.37. The van der Waals surface area contributed by atoms with E-state index in [1.54, 1.807) is 49.4 Å². The van der Waals surface area contributed by atoms with E-state index in [4.69, 9.17) is 42.4 Å². The molecule has 0 unspecified atom stereocenters. The lowest BCUT2D eigenvalue weighted by Crippen LogP contribution is -2.32. The van der Waals surface area contributed by atoms with Gasteiger partial charge in [-0.25, -0.2) is 9.78 Å². The van der Waals surface area contributed by atoms with Crippen LogP contribution >= 0.6 is 23.2 Å². The molecule has 0 fully saturated rings. The van der Waals surface area contributed by atoms with Crippen LogP contribution < -0.4 is 10.6 Å². The number of H-pyrrole nitrogens is 1. The molecule has 2 amide bonds. The van der Waals surface area contributed by atoms with Crippen LogP contribution in [0.25, 0.3) is 23.0 Å². The molecule has 264 valence electrons. The summed E-state index contributed by atoms with van der Waals surface area (Å²) in [5.74, 6) is -0.226. The Bertz CT molecular complexity index is 1810. The number of esters is 1. The van der Waals surface area contributed by atoms with Crippen LogP contribution in [0.3, 0.4) is 0 Å². The third-order valence-corrected chi connectivity index (χ3v) is 8.23. The molecule has 3 heterocycles. The third-order valence-electron chi connectivity index (χ3n) is 7.72. The molecule has 0 aliphatic carbocycles. The van der Waals surface area contributed by atoms with Gasteiger partial charge in [-0.05, 0) is 85.1 Å². The number of fused-ring (bicyclic) bond motifs is 4. The normalized spacial score (nSPS) is 15.1. The number of methoxy groups -OCH3 is 1. The number of amides is 2. The Labute approximate surface area is 298 Å². The van der Waals surface area contributed by atoms with Crippen molar-refractivity contribution in [1.82, 2.24) is 40.4 Å². The van der Waals surface area contributed by atoms with Crippen LogP contribution in [0.2, 0.25) is 10.2 Å². The van der Waals surface area contributed by atoms with Crippen molar-refractivity contribution in [2.45, 2.75) is 38.8 Å². The maximum absolute atomic E-state index is 13.3. The predicted molar refractivity (Wildman–Crippen MR) is 186 cm³/mol. The monoisotopic (exact) mass is 725 g/mol. The Morgan fingerprint density at radius 2 is 1.96 bits per heavy atom. The zero-order valence-corrected chi connectivity index (χ0v) is 29.0. The standard InChI is InChI=1S/C33H37Cl2N9O6/c1-3-49-29(46)19-43-13-5-4-6-26(38-28(45)12-7-21-16-23(34)8-11-27(21)44-20-36-41-42-44)32-39-30(31(35)40-32)25-10-9-24(17-22(25)18-43)37-33(47)50-15-14-48-2/h7-12,16-17,20,26H,3-6,13-15,18-19H2,1-2H3,(H,37,47)(H,38,45)(H,39,40)/b12-7+/t26-/m0/s1. The van der Waals surface area contributed by atoms with Crippen molar-refractivity contribution in [3.05, 3.63) is 75.9 Å². The second-order valence-electron chi connectivity index (χ2n) is 11.3. The number of hydrogen-bond acceptors (Lipinski definition) is 11. The molecule has 15 nitrogen and oxygen atoms in total. The number of aromatic nitrogens is 6. The van der Waals surface area contributed by atoms with Crippen molar-refractivity contribution in [1.29, 1.82) is 0 Å². The Kier molecular flexibility index (Phi) is 12.9. The summed E-state index contributed by atoms with van der Waals surface area (Å²) in [7, 11) is 1.52. The minimum atomic E-state index is -0.631. The first-order valence-corrected chi connectivity index (χ1v) is 16.7. The summed E-state index contributed by atoms with van der Waals surface area (Å²) in [5.41, 5.74) is 3.67. The first kappa shape index (κ1) is 36.5. The van der Waals surface area contributed by atoms with Gasteiger partial charge in [-0.3, -0.25) is 19.8 Å². The van der Waals surface area contributed by atoms with E-state index in [-0.39, 0.29) is 43.4 Å². The maximum Gasteiger partial charge on any atom is 0.411 e. The van der Waals surface area contributed by atoms with Crippen molar-refractivity contribution < 1.29 is 28.6 Å². The van der Waals surface area contributed by atoms with Gasteiger partial charge in [0.25, 0.3) is 0 Å². The lowest BCUT2D eigenvalue weighted by Gasteiger charge is -2.24. The van der Waals surface area contributed by atoms with Gasteiger partial charge in [0.15, 0.2) is 0 Å². The molecule has 0 saturated carbocycles. The van der Waals surface area contributed by atoms with Crippen LogP contribution in [0.15, 0.2) is 48.8 Å². The van der Waals surface area contributed by atoms with Gasteiger partial charge in [0.05, 0.1) is 31.5 Å². The highest BCUT2D eigenvalue weighted by atomic mass is 35.5. The van der Waals surface area contributed by atoms with E-state index in [0.717, 1.165) is 5.56 Å². The predicted octanol–water partition coefficient (Wildman–Crippen LogP) is 4.97. The first-order valence-electron chi connectivity index (χ1n) is 15.9. The smallest absolute Gasteiger partial charge is 0.411 e. The van der Waals surface area contributed by atoms with Crippen molar-refractivity contribution in [3.63, 3.8) is 0 Å². The highest BCUT2D eigenvalue weighted by Gasteiger charge is 2.24. The summed E-state index contributed by atoms with van der Waals surface area (Å²) in [6, 6.07) is 9.97. The van der Waals surface area contributed by atoms with Gasteiger partial charge in [0.2, 0.25) is 5.91 Å². The van der Waals surface area contributed by atoms with Crippen LogP contribution in [0.5, 0.6) is 0 Å². The molecule has 1 aliphatic heterocycles. The number of nitrogens with one attached hydrogen (secondary N) is 3. The average Bonchev–Trinajstić information content (AvgIpc) is 3.75. The number of benzene rings is 2. The lowest BCUT2D eigenvalue weighted by atomic mass is 10.0. The Balaban J connectivity index is 1.42. The van der Waals surface area contributed by atoms with E-state index >= 15 is 0 Å². The van der Waals surface area contributed by atoms with Gasteiger partial charge in [-0.2, -0.15) is 4.68 Å². The summed E-state index contributed by atoms with van der Waals surface area (Å²) >= 11 is 13.0. The van der Waals surface area contributed by atoms with Crippen LogP contribution in [0.1, 0.15) is 49.2 Å². The van der Waals surface area contributed by atoms with Crippen LogP contribution in [0.4, 0.5) is 10.5 Å². The molecule has 4 aromatic rings. The molecule has 0 radical (unpaired) electrons. The average molecular weight is 727 g/mol. The Morgan fingerprint density at radius 1 is 1.10 bits per heavy atom. The van der Waals surface area contributed by atoms with E-state index in [1.807, 2.05) is 4.90 Å². The van der Waals surface area contributed by atoms with Gasteiger partial charge in [-0.15, -0.1) is 5.10 Å². The van der Waals surface area contributed by atoms with Crippen molar-refractivity contribution >= 4 is 52.9 Å². The van der Waals surface area contributed by atoms with Gasteiger partial charge in [0.1, 0.15) is 29.6 Å². The number of aromatic amines is 1. The van der Waals surface area contributed by atoms with Gasteiger partial charge in [-0.1, -0.05) is 29.3 Å². The molecule has 50 heavy (non-hydrogen) atoms. The van der Waals surface area contributed by atoms with E-state index in [9.17, 15) is 14.4 Å². The third kappa shape index (κ3) is 9.88. The van der Waals surface area contributed by atoms with Gasteiger partial charge in [0, 0.05) is 41.6 Å². The Morgan fingerprint density at radius 3 is 2.74 bits per heavy atom. The SMILES string of the molecule is CCOC(=O)CN1CCCC[C@H](NC(=O)/C=C/c2cc(Cl)ccc2-n2cnnn2)c2nc(c(Cl)[nH]2)-c2ccc(NC(=O)OCCOC)cc2C1. The van der Waals surface area contributed by atoms with Gasteiger partial charge >= 0.3 is 12.1 Å². The first-order chi connectivity index (χ1) is 24.2. The van der Waals surface area contributed by atoms with Crippen molar-refractivity contribution in [2.24, 2.45) is 0 Å². The molecule has 2 aromatic carbocycles. The molecular formula is C33H37Cl2N9O6. The quantitative estimate of drug-likeness (QED) is 0.108. The fourth-order valence-corrected chi connectivity index (χ4v) is 5.87. The van der Waals surface area contributed by atoms with Crippen molar-refractivity contribution in [2.75, 3.05) is 45.3 Å². The van der Waals surface area contributed by atoms with Crippen LogP contribution in [-0.2, 0) is 30.3 Å². The molecule has 2 bridgehead atoms. The van der Waals surface area contributed by atoms with E-state index < -0.39 is 12.1 Å². The Hall–Kier alpha value is -4.83. The number of tetrazole rings is 1. The number of imidazole rings is 1. The number of hydrogen-bond donors (Lipinski definition) is 3. The van der Waals surface area contributed by atoms with Crippen LogP contribution in [-0.4, -0.2) is 93.1 Å². The number of nitrogens with zero attached hydrogens (tertiary/aromatic N) is 6. The number of halogens is 2. The second-order valence-corrected chi connectivity index (χ2v) is 12.1. The number of carbonyl (C=O) groups excluding carboxylic acids is 3. The maximum atomic E-state index is 13.3. The molecule has 1 atom stereocenters. The number of ether oxygens (including phenoxy) is 3. The molecule has 5 rings (SSSR count). The largest absolute Gasteiger partial charge is 0.465 e. The minimum Gasteiger partial charge on any atom is -0.465 e. The fourth-order valence-electron chi connectivity index (χ4n) is 5.45. The topological polar surface area (TPSA) is 178 Å². The molecule has 0 saturated heterocycles. The van der Waals surface area contributed by atoms with E-state index in [1.165, 1.54) is 24.2 Å². The highest BCUT2D eigenvalue weighted by Crippen LogP contribution is 2.34. The highest BCUT2D eigenvalue weighted by molar-refractivity contribution is 6.32. The second kappa shape index (κ2) is 17.7. The minimum absolute atomic E-state index is 0.0602. The summed E-state index contributed by atoms with van der Waals surface area (Å²) in [4.78, 5) is 48.3. The molecular weight excluding hydrogens is 689 g/mol. The van der Waals surface area contributed by atoms with Crippen molar-refractivity contribution in [3.8, 4) is 16.9 Å². The molecule has 0 spiro atoms. The van der Waals surface area contributed by atoms with Gasteiger partial charge < -0.3 is 24.5 Å². The molecule has 2 aromatic heterocycles. The zero-order chi connectivity index (χ0) is 35.5. The van der Waals surface area contributed by atoms with Crippen LogP contribution in [0, 0.1) is 0 Å². The zero-order valence-electron chi connectivity index (χ0n) is 27.5. The summed E-state index contributed by atoms with van der Waals surface area (Å²) in [6.07, 6.45) is 5.81. The summed E-state index contributed by atoms with van der Waals surface area (Å²) < 4.78 is 16.8. The fraction of sp³-hybridized carbons (Fsp3) is 0.364.